The Bertz CT molecular complexity index is 420. The molecule has 0 saturated carbocycles. The van der Waals surface area contributed by atoms with E-state index in [0.717, 1.165) is 12.8 Å². The first kappa shape index (κ1) is 14.1. The van der Waals surface area contributed by atoms with E-state index in [9.17, 15) is 8.42 Å². The van der Waals surface area contributed by atoms with Gasteiger partial charge in [-0.2, -0.15) is 0 Å². The Kier molecular flexibility index (Phi) is 5.50. The Morgan fingerprint density at radius 2 is 2.00 bits per heavy atom. The van der Waals surface area contributed by atoms with Gasteiger partial charge in [-0.25, -0.2) is 18.4 Å². The van der Waals surface area contributed by atoms with E-state index in [1.807, 2.05) is 6.92 Å². The summed E-state index contributed by atoms with van der Waals surface area (Å²) in [4.78, 5) is 7.61. The van der Waals surface area contributed by atoms with Crippen LogP contribution < -0.4 is 0 Å². The maximum absolute atomic E-state index is 12.2. The highest BCUT2D eigenvalue weighted by molar-refractivity contribution is 7.91. The van der Waals surface area contributed by atoms with Crippen LogP contribution in [0.4, 0.5) is 0 Å². The van der Waals surface area contributed by atoms with Crippen molar-refractivity contribution < 1.29 is 13.2 Å². The molecular formula is C11H18N2O3S. The molecule has 1 atom stereocenters. The molecular weight excluding hydrogens is 240 g/mol. The summed E-state index contributed by atoms with van der Waals surface area (Å²) >= 11 is 0. The van der Waals surface area contributed by atoms with Crippen LogP contribution in [0, 0.1) is 0 Å². The molecule has 0 N–H and O–H groups in total. The van der Waals surface area contributed by atoms with E-state index in [1.165, 1.54) is 19.5 Å². The molecule has 1 aromatic rings. The summed E-state index contributed by atoms with van der Waals surface area (Å²) < 4.78 is 29.4. The SMILES string of the molecule is CCCCC(COC)S(=O)(=O)c1ncccn1. The molecule has 17 heavy (non-hydrogen) atoms. The van der Waals surface area contributed by atoms with Gasteiger partial charge in [-0.3, -0.25) is 0 Å². The van der Waals surface area contributed by atoms with Crippen LogP contribution in [-0.4, -0.2) is 37.4 Å². The molecule has 0 fully saturated rings. The normalized spacial score (nSPS) is 13.5. The molecule has 0 aliphatic heterocycles. The minimum Gasteiger partial charge on any atom is -0.383 e. The van der Waals surface area contributed by atoms with Crippen LogP contribution in [-0.2, 0) is 14.6 Å². The van der Waals surface area contributed by atoms with Crippen molar-refractivity contribution in [3.8, 4) is 0 Å². The number of hydrogen-bond acceptors (Lipinski definition) is 5. The summed E-state index contributed by atoms with van der Waals surface area (Å²) in [6, 6.07) is 1.59. The van der Waals surface area contributed by atoms with Crippen molar-refractivity contribution in [3.05, 3.63) is 18.5 Å². The Morgan fingerprint density at radius 1 is 1.35 bits per heavy atom. The van der Waals surface area contributed by atoms with Gasteiger partial charge in [-0.05, 0) is 12.5 Å². The summed E-state index contributed by atoms with van der Waals surface area (Å²) in [5.41, 5.74) is 0. The number of unbranched alkanes of at least 4 members (excludes halogenated alkanes) is 1. The summed E-state index contributed by atoms with van der Waals surface area (Å²) in [6.07, 6.45) is 5.24. The monoisotopic (exact) mass is 258 g/mol. The molecule has 96 valence electrons. The predicted octanol–water partition coefficient (Wildman–Crippen LogP) is 1.46. The quantitative estimate of drug-likeness (QED) is 0.692. The molecule has 0 aromatic carbocycles. The van der Waals surface area contributed by atoms with Crippen LogP contribution in [0.5, 0.6) is 0 Å². The lowest BCUT2D eigenvalue weighted by Crippen LogP contribution is -2.27. The van der Waals surface area contributed by atoms with Gasteiger partial charge >= 0.3 is 0 Å². The Labute approximate surface area is 102 Å². The standard InChI is InChI=1S/C11H18N2O3S/c1-3-4-6-10(9-16-2)17(14,15)11-12-7-5-8-13-11/h5,7-8,10H,3-4,6,9H2,1-2H3. The molecule has 0 amide bonds. The first-order valence-electron chi connectivity index (χ1n) is 5.62. The highest BCUT2D eigenvalue weighted by Crippen LogP contribution is 2.16. The molecule has 1 heterocycles. The first-order chi connectivity index (χ1) is 8.12. The molecule has 0 radical (unpaired) electrons. The van der Waals surface area contributed by atoms with Crippen molar-refractivity contribution in [3.63, 3.8) is 0 Å². The fraction of sp³-hybridized carbons (Fsp3) is 0.636. The van der Waals surface area contributed by atoms with Crippen molar-refractivity contribution in [2.75, 3.05) is 13.7 Å². The van der Waals surface area contributed by atoms with Gasteiger partial charge in [0.05, 0.1) is 11.9 Å². The third kappa shape index (κ3) is 3.74. The van der Waals surface area contributed by atoms with E-state index >= 15 is 0 Å². The van der Waals surface area contributed by atoms with Gasteiger partial charge in [0.1, 0.15) is 0 Å². The average Bonchev–Trinajstić information content (AvgIpc) is 2.35. The van der Waals surface area contributed by atoms with Gasteiger partial charge in [0, 0.05) is 19.5 Å². The zero-order chi connectivity index (χ0) is 12.7. The van der Waals surface area contributed by atoms with Gasteiger partial charge in [0.2, 0.25) is 15.0 Å². The molecule has 0 bridgehead atoms. The zero-order valence-corrected chi connectivity index (χ0v) is 11.0. The number of aromatic nitrogens is 2. The lowest BCUT2D eigenvalue weighted by atomic mass is 10.2. The number of methoxy groups -OCH3 is 1. The Hall–Kier alpha value is -1.01. The topological polar surface area (TPSA) is 69.2 Å². The van der Waals surface area contributed by atoms with E-state index in [1.54, 1.807) is 6.07 Å². The predicted molar refractivity (Wildman–Crippen MR) is 64.4 cm³/mol. The summed E-state index contributed by atoms with van der Waals surface area (Å²) in [6.45, 7) is 2.20. The Balaban J connectivity index is 2.92. The molecule has 0 aliphatic carbocycles. The van der Waals surface area contributed by atoms with Crippen LogP contribution in [0.25, 0.3) is 0 Å². The number of rotatable bonds is 7. The average molecular weight is 258 g/mol. The molecule has 1 rings (SSSR count). The van der Waals surface area contributed by atoms with Gasteiger partial charge < -0.3 is 4.74 Å². The second kappa shape index (κ2) is 6.66. The van der Waals surface area contributed by atoms with Gasteiger partial charge in [0.15, 0.2) is 0 Å². The van der Waals surface area contributed by atoms with E-state index < -0.39 is 15.1 Å². The maximum atomic E-state index is 12.2. The number of ether oxygens (including phenoxy) is 1. The fourth-order valence-corrected chi connectivity index (χ4v) is 3.03. The van der Waals surface area contributed by atoms with Crippen molar-refractivity contribution in [1.29, 1.82) is 0 Å². The highest BCUT2D eigenvalue weighted by atomic mass is 32.2. The zero-order valence-electron chi connectivity index (χ0n) is 10.2. The van der Waals surface area contributed by atoms with Gasteiger partial charge in [-0.15, -0.1) is 0 Å². The molecule has 0 spiro atoms. The number of sulfone groups is 1. The van der Waals surface area contributed by atoms with E-state index in [2.05, 4.69) is 9.97 Å². The van der Waals surface area contributed by atoms with Gasteiger partial charge in [-0.1, -0.05) is 19.8 Å². The van der Waals surface area contributed by atoms with Gasteiger partial charge in [0.25, 0.3) is 0 Å². The van der Waals surface area contributed by atoms with E-state index in [-0.39, 0.29) is 11.8 Å². The molecule has 0 saturated heterocycles. The smallest absolute Gasteiger partial charge is 0.247 e. The van der Waals surface area contributed by atoms with Crippen molar-refractivity contribution in [2.45, 2.75) is 36.6 Å². The van der Waals surface area contributed by atoms with E-state index in [4.69, 9.17) is 4.74 Å². The first-order valence-corrected chi connectivity index (χ1v) is 7.17. The van der Waals surface area contributed by atoms with Crippen LogP contribution >= 0.6 is 0 Å². The third-order valence-electron chi connectivity index (χ3n) is 2.47. The maximum Gasteiger partial charge on any atom is 0.247 e. The second-order valence-electron chi connectivity index (χ2n) is 3.80. The van der Waals surface area contributed by atoms with Crippen LogP contribution in [0.15, 0.2) is 23.6 Å². The van der Waals surface area contributed by atoms with Crippen molar-refractivity contribution in [2.24, 2.45) is 0 Å². The highest BCUT2D eigenvalue weighted by Gasteiger charge is 2.29. The fourth-order valence-electron chi connectivity index (χ4n) is 1.53. The minimum atomic E-state index is -3.48. The molecule has 1 aromatic heterocycles. The summed E-state index contributed by atoms with van der Waals surface area (Å²) in [5.74, 6) is 0. The lowest BCUT2D eigenvalue weighted by Gasteiger charge is -2.15. The van der Waals surface area contributed by atoms with Crippen LogP contribution in [0.2, 0.25) is 0 Å². The second-order valence-corrected chi connectivity index (χ2v) is 5.92. The number of nitrogens with zero attached hydrogens (tertiary/aromatic N) is 2. The minimum absolute atomic E-state index is 0.113. The lowest BCUT2D eigenvalue weighted by molar-refractivity contribution is 0.193. The Morgan fingerprint density at radius 3 is 2.53 bits per heavy atom. The molecule has 1 unspecified atom stereocenters. The van der Waals surface area contributed by atoms with E-state index in [0.29, 0.717) is 6.42 Å². The molecule has 6 heteroatoms. The van der Waals surface area contributed by atoms with Crippen molar-refractivity contribution in [1.82, 2.24) is 9.97 Å². The molecule has 5 nitrogen and oxygen atoms in total. The van der Waals surface area contributed by atoms with Crippen molar-refractivity contribution >= 4 is 9.84 Å². The third-order valence-corrected chi connectivity index (χ3v) is 4.44. The summed E-state index contributed by atoms with van der Waals surface area (Å²) in [7, 11) is -1.98. The number of hydrogen-bond donors (Lipinski definition) is 0. The molecule has 0 aliphatic rings. The summed E-state index contributed by atoms with van der Waals surface area (Å²) in [5, 5.41) is -0.673. The largest absolute Gasteiger partial charge is 0.383 e. The van der Waals surface area contributed by atoms with Crippen LogP contribution in [0.1, 0.15) is 26.2 Å². The van der Waals surface area contributed by atoms with Crippen LogP contribution in [0.3, 0.4) is 0 Å².